The fourth-order valence-corrected chi connectivity index (χ4v) is 3.26. The van der Waals surface area contributed by atoms with Crippen LogP contribution in [0.5, 0.6) is 0 Å². The van der Waals surface area contributed by atoms with Crippen LogP contribution in [0.1, 0.15) is 22.3 Å². The quantitative estimate of drug-likeness (QED) is 0.473. The number of ether oxygens (including phenoxy) is 1. The van der Waals surface area contributed by atoms with E-state index in [1.54, 1.807) is 24.3 Å². The van der Waals surface area contributed by atoms with Crippen LogP contribution in [0.2, 0.25) is 0 Å². The van der Waals surface area contributed by atoms with Crippen LogP contribution in [0, 0.1) is 18.2 Å². The molecule has 5 atom stereocenters. The lowest BCUT2D eigenvalue weighted by Gasteiger charge is -2.45. The second-order valence-corrected chi connectivity index (χ2v) is 6.79. The Bertz CT molecular complexity index is 875. The molecular weight excluding hydrogens is 367 g/mol. The Labute approximate surface area is 161 Å². The van der Waals surface area contributed by atoms with Crippen molar-refractivity contribution < 1.29 is 34.7 Å². The van der Waals surface area contributed by atoms with Crippen LogP contribution < -0.4 is 0 Å². The first-order valence-corrected chi connectivity index (χ1v) is 8.70. The van der Waals surface area contributed by atoms with E-state index in [4.69, 9.17) is 11.2 Å². The number of aliphatic hydroxyl groups is 5. The third-order valence-corrected chi connectivity index (χ3v) is 4.94. The zero-order valence-electron chi connectivity index (χ0n) is 14.9. The Morgan fingerprint density at radius 2 is 1.75 bits per heavy atom. The molecule has 5 N–H and O–H groups in total. The largest absolute Gasteiger partial charge is 0.394 e. The van der Waals surface area contributed by atoms with E-state index in [-0.39, 0.29) is 17.5 Å². The second-order valence-electron chi connectivity index (χ2n) is 6.79. The Morgan fingerprint density at radius 1 is 1.07 bits per heavy atom. The van der Waals surface area contributed by atoms with Gasteiger partial charge in [-0.2, -0.15) is 0 Å². The van der Waals surface area contributed by atoms with Crippen LogP contribution in [0.3, 0.4) is 0 Å². The molecule has 0 saturated carbocycles. The van der Waals surface area contributed by atoms with Gasteiger partial charge in [0, 0.05) is 17.5 Å². The Balaban J connectivity index is 1.94. The van der Waals surface area contributed by atoms with Gasteiger partial charge in [-0.05, 0) is 35.4 Å². The molecule has 0 unspecified atom stereocenters. The molecule has 2 aromatic carbocycles. The Hall–Kier alpha value is -2.31. The predicted octanol–water partition coefficient (Wildman–Crippen LogP) is 0.0167. The molecule has 28 heavy (non-hydrogen) atoms. The minimum atomic E-state index is -2.43. The van der Waals surface area contributed by atoms with Crippen LogP contribution in [0.25, 0.3) is 0 Å². The highest BCUT2D eigenvalue weighted by Gasteiger charge is 2.53. The molecule has 1 saturated heterocycles. The topological polar surface area (TPSA) is 110 Å². The number of rotatable bonds is 4. The molecule has 2 aromatic rings. The number of terminal acetylenes is 1. The summed E-state index contributed by atoms with van der Waals surface area (Å²) >= 11 is 0. The van der Waals surface area contributed by atoms with Crippen LogP contribution in [0.15, 0.2) is 42.5 Å². The Kier molecular flexibility index (Phi) is 5.82. The fourth-order valence-electron chi connectivity index (χ4n) is 3.26. The summed E-state index contributed by atoms with van der Waals surface area (Å²) < 4.78 is 19.6. The van der Waals surface area contributed by atoms with Gasteiger partial charge >= 0.3 is 0 Å². The SMILES string of the molecule is C#Cc1ccc(Cc2cc([C@@]3(O)O[C@H](CO)[C@@H](O)[C@H](O)[C@H]3O)ccc2F)cc1. The lowest BCUT2D eigenvalue weighted by molar-refractivity contribution is -0.357. The van der Waals surface area contributed by atoms with Crippen LogP contribution >= 0.6 is 0 Å². The molecule has 0 bridgehead atoms. The molecule has 7 heteroatoms. The number of aliphatic hydroxyl groups excluding tert-OH is 4. The van der Waals surface area contributed by atoms with Gasteiger partial charge in [0.25, 0.3) is 0 Å². The van der Waals surface area contributed by atoms with Crippen LogP contribution in [0.4, 0.5) is 4.39 Å². The van der Waals surface area contributed by atoms with E-state index in [2.05, 4.69) is 5.92 Å². The molecular formula is C21H21FO6. The maximum absolute atomic E-state index is 14.3. The van der Waals surface area contributed by atoms with Gasteiger partial charge in [-0.1, -0.05) is 24.1 Å². The summed E-state index contributed by atoms with van der Waals surface area (Å²) in [4.78, 5) is 0. The molecule has 0 spiro atoms. The van der Waals surface area contributed by atoms with Crippen molar-refractivity contribution in [1.82, 2.24) is 0 Å². The minimum absolute atomic E-state index is 0.0129. The molecule has 0 aliphatic carbocycles. The zero-order valence-corrected chi connectivity index (χ0v) is 14.9. The van der Waals surface area contributed by atoms with E-state index in [0.717, 1.165) is 11.6 Å². The van der Waals surface area contributed by atoms with Gasteiger partial charge in [0.2, 0.25) is 5.79 Å². The van der Waals surface area contributed by atoms with Gasteiger partial charge < -0.3 is 30.3 Å². The molecule has 0 amide bonds. The van der Waals surface area contributed by atoms with Crippen molar-refractivity contribution in [2.24, 2.45) is 0 Å². The standard InChI is InChI=1S/C21H21FO6/c1-2-12-3-5-13(6-4-12)9-14-10-15(7-8-16(14)22)21(27)20(26)19(25)18(24)17(11-23)28-21/h1,3-8,10,17-20,23-27H,9,11H2/t17-,18-,19+,20-,21-/m1/s1. The van der Waals surface area contributed by atoms with Gasteiger partial charge in [0.15, 0.2) is 0 Å². The van der Waals surface area contributed by atoms with Crippen molar-refractivity contribution in [3.8, 4) is 12.3 Å². The van der Waals surface area contributed by atoms with E-state index < -0.39 is 42.6 Å². The van der Waals surface area contributed by atoms with Gasteiger partial charge in [0.05, 0.1) is 6.61 Å². The van der Waals surface area contributed by atoms with Crippen LogP contribution in [-0.4, -0.2) is 56.6 Å². The molecule has 0 radical (unpaired) electrons. The zero-order chi connectivity index (χ0) is 20.5. The normalized spacial score (nSPS) is 30.0. The summed E-state index contributed by atoms with van der Waals surface area (Å²) in [7, 11) is 0. The maximum Gasteiger partial charge on any atom is 0.222 e. The summed E-state index contributed by atoms with van der Waals surface area (Å²) in [6.45, 7) is -0.692. The third-order valence-electron chi connectivity index (χ3n) is 4.94. The number of hydrogen-bond acceptors (Lipinski definition) is 6. The van der Waals surface area contributed by atoms with Crippen molar-refractivity contribution in [2.75, 3.05) is 6.61 Å². The summed E-state index contributed by atoms with van der Waals surface area (Å²) in [5, 5.41) is 50.3. The van der Waals surface area contributed by atoms with Crippen molar-refractivity contribution in [2.45, 2.75) is 36.6 Å². The molecule has 1 fully saturated rings. The minimum Gasteiger partial charge on any atom is -0.394 e. The molecule has 1 heterocycles. The third kappa shape index (κ3) is 3.66. The number of halogens is 1. The molecule has 0 aromatic heterocycles. The lowest BCUT2D eigenvalue weighted by atomic mass is 9.87. The van der Waals surface area contributed by atoms with Crippen molar-refractivity contribution in [3.63, 3.8) is 0 Å². The predicted molar refractivity (Wildman–Crippen MR) is 97.5 cm³/mol. The average Bonchev–Trinajstić information content (AvgIpc) is 2.71. The van der Waals surface area contributed by atoms with E-state index in [1.165, 1.54) is 12.1 Å². The maximum atomic E-state index is 14.3. The van der Waals surface area contributed by atoms with Crippen molar-refractivity contribution in [1.29, 1.82) is 0 Å². The summed E-state index contributed by atoms with van der Waals surface area (Å²) in [6.07, 6.45) is -1.08. The monoisotopic (exact) mass is 388 g/mol. The highest BCUT2D eigenvalue weighted by Crippen LogP contribution is 2.37. The van der Waals surface area contributed by atoms with E-state index in [0.29, 0.717) is 5.56 Å². The summed E-state index contributed by atoms with van der Waals surface area (Å²) in [5.41, 5.74) is 1.67. The average molecular weight is 388 g/mol. The number of benzene rings is 2. The molecule has 3 rings (SSSR count). The van der Waals surface area contributed by atoms with Crippen LogP contribution in [-0.2, 0) is 16.9 Å². The molecule has 6 nitrogen and oxygen atoms in total. The van der Waals surface area contributed by atoms with Gasteiger partial charge in [-0.15, -0.1) is 6.42 Å². The first-order valence-electron chi connectivity index (χ1n) is 8.70. The molecule has 148 valence electrons. The molecule has 1 aliphatic heterocycles. The highest BCUT2D eigenvalue weighted by atomic mass is 19.1. The van der Waals surface area contributed by atoms with Crippen molar-refractivity contribution in [3.05, 3.63) is 70.5 Å². The Morgan fingerprint density at radius 3 is 2.36 bits per heavy atom. The van der Waals surface area contributed by atoms with Gasteiger partial charge in [-0.3, -0.25) is 0 Å². The van der Waals surface area contributed by atoms with E-state index in [9.17, 15) is 29.9 Å². The van der Waals surface area contributed by atoms with Crippen molar-refractivity contribution >= 4 is 0 Å². The highest BCUT2D eigenvalue weighted by molar-refractivity contribution is 5.38. The lowest BCUT2D eigenvalue weighted by Crippen LogP contribution is -2.63. The first kappa shape index (κ1) is 20.4. The summed E-state index contributed by atoms with van der Waals surface area (Å²) in [5.74, 6) is -0.466. The first-order chi connectivity index (χ1) is 13.3. The fraction of sp³-hybridized carbons (Fsp3) is 0.333. The smallest absolute Gasteiger partial charge is 0.222 e. The molecule has 1 aliphatic rings. The van der Waals surface area contributed by atoms with E-state index >= 15 is 0 Å². The van der Waals surface area contributed by atoms with Gasteiger partial charge in [0.1, 0.15) is 30.2 Å². The number of hydrogen-bond donors (Lipinski definition) is 5. The van der Waals surface area contributed by atoms with Gasteiger partial charge in [-0.25, -0.2) is 4.39 Å². The van der Waals surface area contributed by atoms with E-state index in [1.807, 2.05) is 0 Å². The summed E-state index contributed by atoms with van der Waals surface area (Å²) in [6, 6.07) is 10.6. The second kappa shape index (κ2) is 7.97.